The van der Waals surface area contributed by atoms with Crippen molar-refractivity contribution >= 4 is 58.2 Å². The van der Waals surface area contributed by atoms with Gasteiger partial charge in [0.15, 0.2) is 0 Å². The number of carbonyl (C=O) groups excluding carboxylic acids is 2. The molecule has 0 unspecified atom stereocenters. The van der Waals surface area contributed by atoms with Crippen LogP contribution in [0.25, 0.3) is 0 Å². The summed E-state index contributed by atoms with van der Waals surface area (Å²) in [6.07, 6.45) is 0. The van der Waals surface area contributed by atoms with Gasteiger partial charge >= 0.3 is 0 Å². The number of halogens is 2. The van der Waals surface area contributed by atoms with E-state index < -0.39 is 4.87 Å². The highest BCUT2D eigenvalue weighted by Gasteiger charge is 2.60. The first kappa shape index (κ1) is 19.5. The summed E-state index contributed by atoms with van der Waals surface area (Å²) in [6, 6.07) is 22.3. The molecule has 3 aromatic carbocycles. The van der Waals surface area contributed by atoms with Crippen molar-refractivity contribution in [2.75, 3.05) is 15.6 Å². The van der Waals surface area contributed by atoms with Crippen LogP contribution in [0.2, 0.25) is 10.0 Å². The van der Waals surface area contributed by atoms with Crippen molar-refractivity contribution in [1.29, 1.82) is 0 Å². The Kier molecular flexibility index (Phi) is 4.77. The molecule has 2 aliphatic heterocycles. The summed E-state index contributed by atoms with van der Waals surface area (Å²) >= 11 is 13.8. The average molecular weight is 455 g/mol. The van der Waals surface area contributed by atoms with Gasteiger partial charge in [0.2, 0.25) is 10.8 Å². The highest BCUT2D eigenvalue weighted by Crippen LogP contribution is 2.56. The van der Waals surface area contributed by atoms with E-state index >= 15 is 0 Å². The molecule has 3 aromatic rings. The number of fused-ring (bicyclic) bond motifs is 2. The van der Waals surface area contributed by atoms with Gasteiger partial charge < -0.3 is 4.90 Å². The van der Waals surface area contributed by atoms with Gasteiger partial charge in [-0.15, -0.1) is 11.8 Å². The lowest BCUT2D eigenvalue weighted by molar-refractivity contribution is -0.123. The average Bonchev–Trinajstić information content (AvgIpc) is 3.22. The Balaban J connectivity index is 1.64. The van der Waals surface area contributed by atoms with Crippen LogP contribution in [0.1, 0.15) is 11.1 Å². The third-order valence-corrected chi connectivity index (χ3v) is 7.39. The van der Waals surface area contributed by atoms with Gasteiger partial charge in [0.1, 0.15) is 0 Å². The maximum Gasteiger partial charge on any atom is 0.269 e. The van der Waals surface area contributed by atoms with Crippen molar-refractivity contribution in [2.45, 2.75) is 11.4 Å². The second-order valence-corrected chi connectivity index (χ2v) is 9.15. The third-order valence-electron chi connectivity index (χ3n) is 5.42. The van der Waals surface area contributed by atoms with Gasteiger partial charge in [0, 0.05) is 21.3 Å². The van der Waals surface area contributed by atoms with Gasteiger partial charge in [0.05, 0.1) is 18.0 Å². The van der Waals surface area contributed by atoms with Gasteiger partial charge in [-0.1, -0.05) is 65.7 Å². The van der Waals surface area contributed by atoms with E-state index in [2.05, 4.69) is 0 Å². The quantitative estimate of drug-likeness (QED) is 0.526. The predicted octanol–water partition coefficient (Wildman–Crippen LogP) is 5.47. The van der Waals surface area contributed by atoms with E-state index in [1.54, 1.807) is 21.9 Å². The van der Waals surface area contributed by atoms with Crippen LogP contribution in [0.4, 0.5) is 11.4 Å². The number of amides is 2. The Morgan fingerprint density at radius 3 is 2.43 bits per heavy atom. The van der Waals surface area contributed by atoms with Crippen molar-refractivity contribution in [3.63, 3.8) is 0 Å². The Morgan fingerprint density at radius 1 is 0.933 bits per heavy atom. The molecule has 2 aliphatic rings. The Morgan fingerprint density at radius 2 is 1.67 bits per heavy atom. The molecular formula is C23H16Cl2N2O2S. The normalized spacial score (nSPS) is 20.3. The summed E-state index contributed by atoms with van der Waals surface area (Å²) in [6.45, 7) is 0.297. The molecule has 0 N–H and O–H groups in total. The standard InChI is InChI=1S/C23H16Cl2N2O2S/c24-16-11-10-15(19(25)12-16)13-26-20-9-5-4-8-18(20)23(22(26)29)27(21(28)14-30-23)17-6-2-1-3-7-17/h1-12H,13-14H2/t23-/m1/s1. The SMILES string of the molecule is O=C1CS[C@]2(C(=O)N(Cc3ccc(Cl)cc3Cl)c3ccccc32)N1c1ccccc1. The van der Waals surface area contributed by atoms with Crippen LogP contribution in [-0.4, -0.2) is 17.6 Å². The van der Waals surface area contributed by atoms with Gasteiger partial charge in [-0.25, -0.2) is 0 Å². The highest BCUT2D eigenvalue weighted by molar-refractivity contribution is 8.02. The lowest BCUT2D eigenvalue weighted by Crippen LogP contribution is -2.49. The molecule has 1 spiro atoms. The fraction of sp³-hybridized carbons (Fsp3) is 0.130. The molecule has 5 rings (SSSR count). The van der Waals surface area contributed by atoms with E-state index in [9.17, 15) is 9.59 Å². The fourth-order valence-corrected chi connectivity index (χ4v) is 5.94. The van der Waals surface area contributed by atoms with Gasteiger partial charge in [0.25, 0.3) is 5.91 Å². The summed E-state index contributed by atoms with van der Waals surface area (Å²) in [5.41, 5.74) is 3.11. The van der Waals surface area contributed by atoms with Crippen LogP contribution in [-0.2, 0) is 21.0 Å². The summed E-state index contributed by atoms with van der Waals surface area (Å²) in [7, 11) is 0. The zero-order valence-electron chi connectivity index (χ0n) is 15.7. The molecular weight excluding hydrogens is 439 g/mol. The van der Waals surface area contributed by atoms with E-state index in [1.165, 1.54) is 11.8 Å². The molecule has 0 bridgehead atoms. The predicted molar refractivity (Wildman–Crippen MR) is 122 cm³/mol. The minimum Gasteiger partial charge on any atom is -0.304 e. The Hall–Kier alpha value is -2.47. The van der Waals surface area contributed by atoms with Crippen LogP contribution in [0.3, 0.4) is 0 Å². The second kappa shape index (κ2) is 7.34. The number of benzene rings is 3. The first-order valence-corrected chi connectivity index (χ1v) is 11.1. The van der Waals surface area contributed by atoms with Crippen molar-refractivity contribution in [3.05, 3.63) is 94.0 Å². The molecule has 2 amide bonds. The first-order chi connectivity index (χ1) is 14.5. The third kappa shape index (κ3) is 2.84. The van der Waals surface area contributed by atoms with Crippen LogP contribution >= 0.6 is 35.0 Å². The number of nitrogens with zero attached hydrogens (tertiary/aromatic N) is 2. The number of hydrogen-bond acceptors (Lipinski definition) is 3. The van der Waals surface area contributed by atoms with Gasteiger partial charge in [-0.2, -0.15) is 0 Å². The number of anilines is 2. The monoisotopic (exact) mass is 454 g/mol. The van der Waals surface area contributed by atoms with Crippen molar-refractivity contribution in [2.24, 2.45) is 0 Å². The lowest BCUT2D eigenvalue weighted by atomic mass is 10.0. The highest BCUT2D eigenvalue weighted by atomic mass is 35.5. The topological polar surface area (TPSA) is 40.6 Å². The van der Waals surface area contributed by atoms with Crippen LogP contribution in [0, 0.1) is 0 Å². The summed E-state index contributed by atoms with van der Waals surface area (Å²) in [4.78, 5) is 29.1. The fourth-order valence-electron chi connectivity index (χ4n) is 4.11. The van der Waals surface area contributed by atoms with Crippen molar-refractivity contribution in [3.8, 4) is 0 Å². The minimum atomic E-state index is -1.12. The molecule has 2 heterocycles. The first-order valence-electron chi connectivity index (χ1n) is 9.40. The molecule has 0 saturated carbocycles. The molecule has 1 atom stereocenters. The Bertz CT molecular complexity index is 1170. The number of thioether (sulfide) groups is 1. The lowest BCUT2D eigenvalue weighted by Gasteiger charge is -2.33. The van der Waals surface area contributed by atoms with E-state index in [0.29, 0.717) is 22.3 Å². The van der Waals surface area contributed by atoms with Crippen molar-refractivity contribution in [1.82, 2.24) is 0 Å². The number of para-hydroxylation sites is 2. The molecule has 1 fully saturated rings. The molecule has 30 heavy (non-hydrogen) atoms. The zero-order chi connectivity index (χ0) is 20.9. The summed E-state index contributed by atoms with van der Waals surface area (Å²) < 4.78 is 0. The van der Waals surface area contributed by atoms with Gasteiger partial charge in [-0.05, 0) is 35.9 Å². The van der Waals surface area contributed by atoms with E-state index in [1.807, 2.05) is 60.7 Å². The van der Waals surface area contributed by atoms with Crippen LogP contribution in [0.15, 0.2) is 72.8 Å². The maximum absolute atomic E-state index is 13.9. The zero-order valence-corrected chi connectivity index (χ0v) is 18.0. The molecule has 1 saturated heterocycles. The van der Waals surface area contributed by atoms with Crippen LogP contribution in [0.5, 0.6) is 0 Å². The largest absolute Gasteiger partial charge is 0.304 e. The summed E-state index contributed by atoms with van der Waals surface area (Å²) in [5, 5.41) is 1.05. The molecule has 7 heteroatoms. The van der Waals surface area contributed by atoms with Crippen molar-refractivity contribution < 1.29 is 9.59 Å². The van der Waals surface area contributed by atoms with Crippen LogP contribution < -0.4 is 9.80 Å². The molecule has 0 radical (unpaired) electrons. The molecule has 4 nitrogen and oxygen atoms in total. The summed E-state index contributed by atoms with van der Waals surface area (Å²) in [5.74, 6) is 0.0139. The number of hydrogen-bond donors (Lipinski definition) is 0. The molecule has 150 valence electrons. The second-order valence-electron chi connectivity index (χ2n) is 7.14. The minimum absolute atomic E-state index is 0.0827. The smallest absolute Gasteiger partial charge is 0.269 e. The van der Waals surface area contributed by atoms with E-state index in [-0.39, 0.29) is 17.6 Å². The number of carbonyl (C=O) groups is 2. The van der Waals surface area contributed by atoms with E-state index in [4.69, 9.17) is 23.2 Å². The number of rotatable bonds is 3. The van der Waals surface area contributed by atoms with Gasteiger partial charge in [-0.3, -0.25) is 14.5 Å². The Labute approximate surface area is 188 Å². The van der Waals surface area contributed by atoms with E-state index in [0.717, 1.165) is 16.8 Å². The molecule has 0 aromatic heterocycles. The maximum atomic E-state index is 13.9. The molecule has 0 aliphatic carbocycles.